The maximum Gasteiger partial charge on any atom is 0.319 e. The molecule has 0 aromatic heterocycles. The molecule has 9 heteroatoms. The Morgan fingerprint density at radius 3 is 2.16 bits per heavy atom. The van der Waals surface area contributed by atoms with Crippen molar-refractivity contribution in [3.05, 3.63) is 53.6 Å². The van der Waals surface area contributed by atoms with Gasteiger partial charge in [-0.05, 0) is 74.6 Å². The van der Waals surface area contributed by atoms with Gasteiger partial charge in [0, 0.05) is 36.1 Å². The molecule has 0 atom stereocenters. The van der Waals surface area contributed by atoms with Gasteiger partial charge in [-0.1, -0.05) is 12.5 Å². The van der Waals surface area contributed by atoms with Crippen LogP contribution in [-0.4, -0.2) is 43.8 Å². The zero-order chi connectivity index (χ0) is 22.7. The van der Waals surface area contributed by atoms with Crippen molar-refractivity contribution in [1.82, 2.24) is 9.62 Å². The van der Waals surface area contributed by atoms with Gasteiger partial charge < -0.3 is 16.0 Å². The van der Waals surface area contributed by atoms with E-state index in [4.69, 9.17) is 0 Å². The number of nitrogens with one attached hydrogen (secondary N) is 3. The molecule has 0 bridgehead atoms. The normalized spacial score (nSPS) is 16.9. The number of carbonyl (C=O) groups excluding carboxylic acids is 2. The molecule has 4 rings (SSSR count). The molecule has 1 heterocycles. The predicted octanol–water partition coefficient (Wildman–Crippen LogP) is 3.71. The van der Waals surface area contributed by atoms with Gasteiger partial charge in [0.15, 0.2) is 0 Å². The van der Waals surface area contributed by atoms with Crippen LogP contribution in [0.1, 0.15) is 48.0 Å². The van der Waals surface area contributed by atoms with Crippen molar-refractivity contribution >= 4 is 33.3 Å². The van der Waals surface area contributed by atoms with E-state index in [-0.39, 0.29) is 22.5 Å². The fourth-order valence-electron chi connectivity index (χ4n) is 3.68. The Morgan fingerprint density at radius 1 is 0.906 bits per heavy atom. The summed E-state index contributed by atoms with van der Waals surface area (Å²) in [6.07, 6.45) is 4.76. The van der Waals surface area contributed by atoms with Crippen LogP contribution >= 0.6 is 0 Å². The maximum absolute atomic E-state index is 13.1. The minimum Gasteiger partial charge on any atom is -0.335 e. The van der Waals surface area contributed by atoms with E-state index in [9.17, 15) is 18.0 Å². The SMILES string of the molecule is Cc1ccc(C(=O)Nc2ccc(NC(=O)NC3CC3)cc2)cc1S(=O)(=O)N1CCCCC1. The number of urea groups is 1. The number of hydrogen-bond acceptors (Lipinski definition) is 4. The van der Waals surface area contributed by atoms with Crippen LogP contribution in [-0.2, 0) is 10.0 Å². The number of nitrogens with zero attached hydrogens (tertiary/aromatic N) is 1. The molecule has 2 fully saturated rings. The monoisotopic (exact) mass is 456 g/mol. The van der Waals surface area contributed by atoms with Crippen molar-refractivity contribution in [2.24, 2.45) is 0 Å². The molecule has 0 unspecified atom stereocenters. The molecule has 2 aliphatic rings. The molecule has 8 nitrogen and oxygen atoms in total. The number of benzene rings is 2. The van der Waals surface area contributed by atoms with Crippen LogP contribution in [0.25, 0.3) is 0 Å². The fourth-order valence-corrected chi connectivity index (χ4v) is 5.45. The first-order chi connectivity index (χ1) is 15.3. The molecule has 1 saturated carbocycles. The quantitative estimate of drug-likeness (QED) is 0.616. The summed E-state index contributed by atoms with van der Waals surface area (Å²) in [5.74, 6) is -0.396. The number of anilines is 2. The molecular formula is C23H28N4O4S. The van der Waals surface area contributed by atoms with Gasteiger partial charge in [-0.2, -0.15) is 4.31 Å². The standard InChI is InChI=1S/C23H28N4O4S/c1-16-5-6-17(15-21(16)32(30,31)27-13-3-2-4-14-27)22(28)24-18-7-9-19(10-8-18)25-23(29)26-20-11-12-20/h5-10,15,20H,2-4,11-14H2,1H3,(H,24,28)(H2,25,26,29). The molecule has 0 spiro atoms. The highest BCUT2D eigenvalue weighted by Crippen LogP contribution is 2.25. The molecule has 2 aromatic rings. The second kappa shape index (κ2) is 9.30. The van der Waals surface area contributed by atoms with E-state index < -0.39 is 15.9 Å². The topological polar surface area (TPSA) is 108 Å². The van der Waals surface area contributed by atoms with Gasteiger partial charge in [0.1, 0.15) is 0 Å². The third-order valence-corrected chi connectivity index (χ3v) is 7.74. The van der Waals surface area contributed by atoms with E-state index in [1.807, 2.05) is 0 Å². The van der Waals surface area contributed by atoms with Crippen molar-refractivity contribution in [3.8, 4) is 0 Å². The van der Waals surface area contributed by atoms with Crippen molar-refractivity contribution in [3.63, 3.8) is 0 Å². The summed E-state index contributed by atoms with van der Waals surface area (Å²) < 4.78 is 27.7. The third-order valence-electron chi connectivity index (χ3n) is 5.70. The second-order valence-electron chi connectivity index (χ2n) is 8.35. The van der Waals surface area contributed by atoms with Crippen molar-refractivity contribution < 1.29 is 18.0 Å². The van der Waals surface area contributed by atoms with Crippen LogP contribution < -0.4 is 16.0 Å². The van der Waals surface area contributed by atoms with Crippen molar-refractivity contribution in [2.45, 2.75) is 50.0 Å². The Morgan fingerprint density at radius 2 is 1.53 bits per heavy atom. The Balaban J connectivity index is 1.44. The molecule has 1 aliphatic heterocycles. The Hall–Kier alpha value is -2.91. The largest absolute Gasteiger partial charge is 0.335 e. The lowest BCUT2D eigenvalue weighted by atomic mass is 10.1. The summed E-state index contributed by atoms with van der Waals surface area (Å²) in [6, 6.07) is 11.5. The molecule has 32 heavy (non-hydrogen) atoms. The highest BCUT2D eigenvalue weighted by Gasteiger charge is 2.28. The highest BCUT2D eigenvalue weighted by atomic mass is 32.2. The Kier molecular flexibility index (Phi) is 6.48. The number of rotatable bonds is 6. The average molecular weight is 457 g/mol. The van der Waals surface area contributed by atoms with Gasteiger partial charge in [-0.15, -0.1) is 0 Å². The zero-order valence-electron chi connectivity index (χ0n) is 18.1. The van der Waals surface area contributed by atoms with E-state index in [2.05, 4.69) is 16.0 Å². The molecule has 3 N–H and O–H groups in total. The molecule has 1 saturated heterocycles. The lowest BCUT2D eigenvalue weighted by Gasteiger charge is -2.26. The van der Waals surface area contributed by atoms with E-state index in [1.54, 1.807) is 43.3 Å². The van der Waals surface area contributed by atoms with Crippen LogP contribution in [0.5, 0.6) is 0 Å². The van der Waals surface area contributed by atoms with Gasteiger partial charge in [0.05, 0.1) is 4.90 Å². The number of aryl methyl sites for hydroxylation is 1. The van der Waals surface area contributed by atoms with E-state index in [1.165, 1.54) is 10.4 Å². The predicted molar refractivity (Wildman–Crippen MR) is 123 cm³/mol. The molecule has 0 radical (unpaired) electrons. The summed E-state index contributed by atoms with van der Waals surface area (Å²) in [7, 11) is -3.64. The van der Waals surface area contributed by atoms with Crippen LogP contribution in [0.2, 0.25) is 0 Å². The molecule has 170 valence electrons. The van der Waals surface area contributed by atoms with Crippen molar-refractivity contribution in [2.75, 3.05) is 23.7 Å². The zero-order valence-corrected chi connectivity index (χ0v) is 18.9. The van der Waals surface area contributed by atoms with Gasteiger partial charge >= 0.3 is 6.03 Å². The third kappa shape index (κ3) is 5.28. The summed E-state index contributed by atoms with van der Waals surface area (Å²) >= 11 is 0. The van der Waals surface area contributed by atoms with Gasteiger partial charge in [0.2, 0.25) is 10.0 Å². The first-order valence-electron chi connectivity index (χ1n) is 10.9. The maximum atomic E-state index is 13.1. The second-order valence-corrected chi connectivity index (χ2v) is 10.3. The Labute approximate surface area is 188 Å². The van der Waals surface area contributed by atoms with Crippen LogP contribution in [0, 0.1) is 6.92 Å². The Bertz CT molecular complexity index is 1110. The summed E-state index contributed by atoms with van der Waals surface area (Å²) in [6.45, 7) is 2.76. The number of hydrogen-bond donors (Lipinski definition) is 3. The number of piperidine rings is 1. The number of amides is 3. The molecule has 1 aliphatic carbocycles. The lowest BCUT2D eigenvalue weighted by Crippen LogP contribution is -2.36. The highest BCUT2D eigenvalue weighted by molar-refractivity contribution is 7.89. The molecule has 3 amide bonds. The van der Waals surface area contributed by atoms with Gasteiger partial charge in [0.25, 0.3) is 5.91 Å². The number of sulfonamides is 1. The minimum absolute atomic E-state index is 0.174. The first-order valence-corrected chi connectivity index (χ1v) is 12.4. The first kappa shape index (κ1) is 22.3. The summed E-state index contributed by atoms with van der Waals surface area (Å²) in [5, 5.41) is 8.38. The smallest absolute Gasteiger partial charge is 0.319 e. The lowest BCUT2D eigenvalue weighted by molar-refractivity contribution is 0.102. The van der Waals surface area contributed by atoms with E-state index in [0.29, 0.717) is 30.0 Å². The fraction of sp³-hybridized carbons (Fsp3) is 0.391. The minimum atomic E-state index is -3.64. The van der Waals surface area contributed by atoms with Crippen molar-refractivity contribution in [1.29, 1.82) is 0 Å². The van der Waals surface area contributed by atoms with Crippen LogP contribution in [0.15, 0.2) is 47.4 Å². The van der Waals surface area contributed by atoms with Crippen LogP contribution in [0.3, 0.4) is 0 Å². The van der Waals surface area contributed by atoms with Gasteiger partial charge in [-0.3, -0.25) is 4.79 Å². The average Bonchev–Trinajstić information content (AvgIpc) is 3.59. The van der Waals surface area contributed by atoms with E-state index in [0.717, 1.165) is 32.1 Å². The molecule has 2 aromatic carbocycles. The van der Waals surface area contributed by atoms with E-state index >= 15 is 0 Å². The van der Waals surface area contributed by atoms with Crippen LogP contribution in [0.4, 0.5) is 16.2 Å². The van der Waals surface area contributed by atoms with Gasteiger partial charge in [-0.25, -0.2) is 13.2 Å². The number of carbonyl (C=O) groups is 2. The summed E-state index contributed by atoms with van der Waals surface area (Å²) in [4.78, 5) is 24.8. The molecular weight excluding hydrogens is 428 g/mol. The summed E-state index contributed by atoms with van der Waals surface area (Å²) in [5.41, 5.74) is 2.06.